The molecule has 0 amide bonds. The van der Waals surface area contributed by atoms with Crippen molar-refractivity contribution < 1.29 is 13.5 Å². The van der Waals surface area contributed by atoms with E-state index < -0.39 is 12.0 Å². The minimum atomic E-state index is -2.67. The van der Waals surface area contributed by atoms with E-state index in [4.69, 9.17) is 4.74 Å². The molecule has 1 aliphatic heterocycles. The highest BCUT2D eigenvalue weighted by atomic mass is 19.3. The Hall–Kier alpha value is -0.220. The molecule has 1 atom stereocenters. The van der Waals surface area contributed by atoms with Crippen molar-refractivity contribution in [3.8, 4) is 0 Å². The van der Waals surface area contributed by atoms with Gasteiger partial charge in [0.05, 0.1) is 6.54 Å². The van der Waals surface area contributed by atoms with E-state index in [1.54, 1.807) is 6.92 Å². The molecule has 1 N–H and O–H groups in total. The van der Waals surface area contributed by atoms with Crippen LogP contribution in [0.3, 0.4) is 0 Å². The second-order valence-corrected chi connectivity index (χ2v) is 2.34. The Bertz CT molecular complexity index is 118. The lowest BCUT2D eigenvalue weighted by atomic mass is 10.2. The molecule has 1 aliphatic rings. The zero-order valence-corrected chi connectivity index (χ0v) is 5.86. The average Bonchev–Trinajstić information content (AvgIpc) is 2.13. The van der Waals surface area contributed by atoms with E-state index in [1.165, 1.54) is 0 Å². The van der Waals surface area contributed by atoms with Gasteiger partial charge in [0.1, 0.15) is 6.10 Å². The van der Waals surface area contributed by atoms with E-state index in [0.717, 1.165) is 0 Å². The highest BCUT2D eigenvalue weighted by molar-refractivity contribution is 4.88. The zero-order valence-electron chi connectivity index (χ0n) is 5.86. The minimum Gasteiger partial charge on any atom is -0.371 e. The number of hydrogen-bond donors (Lipinski definition) is 1. The number of rotatable bonds is 2. The zero-order chi connectivity index (χ0) is 7.61. The molecule has 10 heavy (non-hydrogen) atoms. The second kappa shape index (κ2) is 2.80. The van der Waals surface area contributed by atoms with E-state index in [9.17, 15) is 8.78 Å². The molecule has 0 spiro atoms. The Morgan fingerprint density at radius 1 is 1.70 bits per heavy atom. The fraction of sp³-hybridized carbons (Fsp3) is 1.00. The van der Waals surface area contributed by atoms with Gasteiger partial charge in [0.15, 0.2) is 0 Å². The summed E-state index contributed by atoms with van der Waals surface area (Å²) in [5, 5.41) is 2.57. The molecule has 0 aliphatic carbocycles. The number of hydrogen-bond acceptors (Lipinski definition) is 2. The van der Waals surface area contributed by atoms with Crippen LogP contribution in [0.5, 0.6) is 0 Å². The van der Waals surface area contributed by atoms with Crippen molar-refractivity contribution in [2.45, 2.75) is 19.0 Å². The molecule has 1 fully saturated rings. The van der Waals surface area contributed by atoms with E-state index in [-0.39, 0.29) is 13.1 Å². The van der Waals surface area contributed by atoms with Crippen molar-refractivity contribution in [2.75, 3.05) is 19.7 Å². The van der Waals surface area contributed by atoms with Crippen molar-refractivity contribution in [1.29, 1.82) is 0 Å². The van der Waals surface area contributed by atoms with E-state index >= 15 is 0 Å². The fourth-order valence-corrected chi connectivity index (χ4v) is 1.02. The van der Waals surface area contributed by atoms with Crippen LogP contribution in [-0.2, 0) is 4.74 Å². The van der Waals surface area contributed by atoms with E-state index in [1.807, 2.05) is 0 Å². The van der Waals surface area contributed by atoms with Crippen molar-refractivity contribution in [1.82, 2.24) is 5.32 Å². The first-order chi connectivity index (χ1) is 4.67. The van der Waals surface area contributed by atoms with Gasteiger partial charge in [-0.15, -0.1) is 0 Å². The predicted molar refractivity (Wildman–Crippen MR) is 33.2 cm³/mol. The summed E-state index contributed by atoms with van der Waals surface area (Å²) < 4.78 is 30.0. The fourth-order valence-electron chi connectivity index (χ4n) is 1.02. The minimum absolute atomic E-state index is 0.252. The van der Waals surface area contributed by atoms with Gasteiger partial charge in [0, 0.05) is 13.2 Å². The summed E-state index contributed by atoms with van der Waals surface area (Å²) in [6.45, 7) is 2.08. The van der Waals surface area contributed by atoms with Gasteiger partial charge in [-0.2, -0.15) is 0 Å². The Morgan fingerprint density at radius 3 is 2.80 bits per heavy atom. The van der Waals surface area contributed by atoms with Gasteiger partial charge < -0.3 is 10.1 Å². The van der Waals surface area contributed by atoms with E-state index in [0.29, 0.717) is 6.61 Å². The summed E-state index contributed by atoms with van der Waals surface area (Å²) in [7, 11) is 0. The summed E-state index contributed by atoms with van der Waals surface area (Å²) in [5.74, 6) is -2.67. The van der Waals surface area contributed by atoms with Crippen LogP contribution in [0.2, 0.25) is 0 Å². The quantitative estimate of drug-likeness (QED) is 0.625. The Balaban J connectivity index is 2.43. The van der Waals surface area contributed by atoms with Gasteiger partial charge in [-0.05, 0) is 6.92 Å². The Morgan fingerprint density at radius 2 is 2.40 bits per heavy atom. The smallest absolute Gasteiger partial charge is 0.287 e. The highest BCUT2D eigenvalue weighted by Gasteiger charge is 2.44. The van der Waals surface area contributed by atoms with Crippen LogP contribution >= 0.6 is 0 Å². The number of halogens is 2. The molecule has 2 nitrogen and oxygen atoms in total. The standard InChI is InChI=1S/C6H11F2NO/c1-2-10-5-3-9-4-6(5,7)8/h5,9H,2-4H2,1H3. The summed E-state index contributed by atoms with van der Waals surface area (Å²) in [4.78, 5) is 0. The third-order valence-corrected chi connectivity index (χ3v) is 1.53. The second-order valence-electron chi connectivity index (χ2n) is 2.34. The molecule has 0 radical (unpaired) electrons. The first kappa shape index (κ1) is 7.88. The topological polar surface area (TPSA) is 21.3 Å². The molecule has 0 saturated carbocycles. The molecule has 60 valence electrons. The molecule has 1 unspecified atom stereocenters. The summed E-state index contributed by atoms with van der Waals surface area (Å²) >= 11 is 0. The molecule has 1 rings (SSSR count). The van der Waals surface area contributed by atoms with Gasteiger partial charge in [0.25, 0.3) is 5.92 Å². The number of alkyl halides is 2. The monoisotopic (exact) mass is 151 g/mol. The third kappa shape index (κ3) is 1.44. The molecule has 0 aromatic carbocycles. The number of nitrogens with one attached hydrogen (secondary N) is 1. The summed E-state index contributed by atoms with van der Waals surface area (Å²) in [6, 6.07) is 0. The van der Waals surface area contributed by atoms with Gasteiger partial charge >= 0.3 is 0 Å². The summed E-state index contributed by atoms with van der Waals surface area (Å²) in [5.41, 5.74) is 0. The maximum absolute atomic E-state index is 12.6. The van der Waals surface area contributed by atoms with E-state index in [2.05, 4.69) is 5.32 Å². The van der Waals surface area contributed by atoms with Crippen molar-refractivity contribution in [2.24, 2.45) is 0 Å². The third-order valence-electron chi connectivity index (χ3n) is 1.53. The Labute approximate surface area is 58.6 Å². The van der Waals surface area contributed by atoms with Crippen LogP contribution < -0.4 is 5.32 Å². The normalized spacial score (nSPS) is 30.9. The lowest BCUT2D eigenvalue weighted by molar-refractivity contribution is -0.102. The molecule has 0 bridgehead atoms. The first-order valence-electron chi connectivity index (χ1n) is 3.37. The van der Waals surface area contributed by atoms with Crippen molar-refractivity contribution >= 4 is 0 Å². The van der Waals surface area contributed by atoms with Gasteiger partial charge in [-0.25, -0.2) is 8.78 Å². The van der Waals surface area contributed by atoms with Crippen LogP contribution in [0.15, 0.2) is 0 Å². The average molecular weight is 151 g/mol. The molecular formula is C6H11F2NO. The van der Waals surface area contributed by atoms with Crippen LogP contribution in [0.1, 0.15) is 6.92 Å². The largest absolute Gasteiger partial charge is 0.371 e. The van der Waals surface area contributed by atoms with Gasteiger partial charge in [-0.3, -0.25) is 0 Å². The van der Waals surface area contributed by atoms with Crippen LogP contribution in [-0.4, -0.2) is 31.7 Å². The van der Waals surface area contributed by atoms with Gasteiger partial charge in [-0.1, -0.05) is 0 Å². The van der Waals surface area contributed by atoms with Crippen LogP contribution in [0.25, 0.3) is 0 Å². The lowest BCUT2D eigenvalue weighted by Gasteiger charge is -2.16. The van der Waals surface area contributed by atoms with Crippen LogP contribution in [0.4, 0.5) is 8.78 Å². The molecule has 4 heteroatoms. The summed E-state index contributed by atoms with van der Waals surface area (Å²) in [6.07, 6.45) is -0.919. The van der Waals surface area contributed by atoms with Crippen molar-refractivity contribution in [3.05, 3.63) is 0 Å². The highest BCUT2D eigenvalue weighted by Crippen LogP contribution is 2.24. The number of ether oxygens (including phenoxy) is 1. The maximum Gasteiger partial charge on any atom is 0.287 e. The maximum atomic E-state index is 12.6. The lowest BCUT2D eigenvalue weighted by Crippen LogP contribution is -2.33. The SMILES string of the molecule is CCOC1CNCC1(F)F. The molecule has 0 aromatic rings. The van der Waals surface area contributed by atoms with Crippen LogP contribution in [0, 0.1) is 0 Å². The first-order valence-corrected chi connectivity index (χ1v) is 3.37. The van der Waals surface area contributed by atoms with Gasteiger partial charge in [0.2, 0.25) is 0 Å². The Kier molecular flexibility index (Phi) is 2.21. The molecule has 0 aromatic heterocycles. The molecule has 1 saturated heterocycles. The van der Waals surface area contributed by atoms with Crippen molar-refractivity contribution in [3.63, 3.8) is 0 Å². The molecular weight excluding hydrogens is 140 g/mol. The predicted octanol–water partition coefficient (Wildman–Crippen LogP) is 0.630. The molecule has 1 heterocycles.